The van der Waals surface area contributed by atoms with Gasteiger partial charge < -0.3 is 5.32 Å². The Hall–Kier alpha value is -2.44. The van der Waals surface area contributed by atoms with Crippen LogP contribution in [0.4, 0.5) is 10.2 Å². The van der Waals surface area contributed by atoms with Crippen molar-refractivity contribution in [2.45, 2.75) is 11.6 Å². The van der Waals surface area contributed by atoms with Crippen molar-refractivity contribution in [3.05, 3.63) is 82.9 Å². The van der Waals surface area contributed by atoms with Gasteiger partial charge >= 0.3 is 0 Å². The van der Waals surface area contributed by atoms with E-state index >= 15 is 0 Å². The summed E-state index contributed by atoms with van der Waals surface area (Å²) in [5.74, 6) is 0.423. The normalized spacial score (nSPS) is 10.5. The minimum Gasteiger partial charge on any atom is -0.364 e. The third-order valence-electron chi connectivity index (χ3n) is 3.57. The predicted octanol–water partition coefficient (Wildman–Crippen LogP) is 4.86. The van der Waals surface area contributed by atoms with Gasteiger partial charge in [-0.25, -0.2) is 14.4 Å². The number of ketones is 1. The molecule has 0 saturated heterocycles. The molecule has 26 heavy (non-hydrogen) atoms. The first-order valence-corrected chi connectivity index (χ1v) is 9.19. The molecule has 0 atom stereocenters. The summed E-state index contributed by atoms with van der Waals surface area (Å²) in [5.41, 5.74) is 1.12. The van der Waals surface area contributed by atoms with Crippen LogP contribution in [0, 0.1) is 5.82 Å². The van der Waals surface area contributed by atoms with Gasteiger partial charge in [0, 0.05) is 35.1 Å². The lowest BCUT2D eigenvalue weighted by atomic mass is 10.1. The second-order valence-electron chi connectivity index (χ2n) is 5.37. The summed E-state index contributed by atoms with van der Waals surface area (Å²) in [6.07, 6.45) is 3.11. The van der Waals surface area contributed by atoms with Crippen LogP contribution in [0.3, 0.4) is 0 Å². The number of halogens is 2. The smallest absolute Gasteiger partial charge is 0.173 e. The van der Waals surface area contributed by atoms with E-state index in [0.717, 1.165) is 0 Å². The van der Waals surface area contributed by atoms with E-state index in [9.17, 15) is 9.18 Å². The van der Waals surface area contributed by atoms with Crippen molar-refractivity contribution >= 4 is 35.0 Å². The Labute approximate surface area is 159 Å². The highest BCUT2D eigenvalue weighted by Crippen LogP contribution is 2.24. The average Bonchev–Trinajstić information content (AvgIpc) is 2.66. The van der Waals surface area contributed by atoms with Crippen LogP contribution < -0.4 is 5.32 Å². The summed E-state index contributed by atoms with van der Waals surface area (Å²) < 4.78 is 13.7. The molecule has 0 fully saturated rings. The summed E-state index contributed by atoms with van der Waals surface area (Å²) in [5, 5.41) is 4.25. The standard InChI is InChI=1S/C19H15ClFN3OS/c20-15-7-5-13(6-8-15)17(25)12-26-19-18(22-9-10-23-19)24-11-14-3-1-2-4-16(14)21/h1-10H,11-12H2,(H,22,24). The molecule has 1 N–H and O–H groups in total. The van der Waals surface area contributed by atoms with Crippen LogP contribution in [0.5, 0.6) is 0 Å². The summed E-state index contributed by atoms with van der Waals surface area (Å²) in [7, 11) is 0. The Balaban J connectivity index is 1.64. The van der Waals surface area contributed by atoms with Gasteiger partial charge in [0.1, 0.15) is 10.8 Å². The van der Waals surface area contributed by atoms with Gasteiger partial charge in [-0.3, -0.25) is 4.79 Å². The molecule has 0 aliphatic heterocycles. The molecule has 0 aliphatic carbocycles. The van der Waals surface area contributed by atoms with Crippen molar-refractivity contribution in [2.24, 2.45) is 0 Å². The van der Waals surface area contributed by atoms with Crippen LogP contribution in [-0.2, 0) is 6.54 Å². The van der Waals surface area contributed by atoms with E-state index in [1.807, 2.05) is 0 Å². The number of anilines is 1. The van der Waals surface area contributed by atoms with Crippen molar-refractivity contribution in [3.8, 4) is 0 Å². The number of hydrogen-bond acceptors (Lipinski definition) is 5. The van der Waals surface area contributed by atoms with E-state index in [0.29, 0.717) is 27.0 Å². The highest BCUT2D eigenvalue weighted by molar-refractivity contribution is 8.00. The molecule has 0 amide bonds. The monoisotopic (exact) mass is 387 g/mol. The zero-order valence-corrected chi connectivity index (χ0v) is 15.2. The molecule has 0 radical (unpaired) electrons. The summed E-state index contributed by atoms with van der Waals surface area (Å²) >= 11 is 7.12. The highest BCUT2D eigenvalue weighted by Gasteiger charge is 2.11. The van der Waals surface area contributed by atoms with E-state index in [1.54, 1.807) is 54.9 Å². The fraction of sp³-hybridized carbons (Fsp3) is 0.105. The van der Waals surface area contributed by atoms with Gasteiger partial charge in [0.05, 0.1) is 5.75 Å². The maximum atomic E-state index is 13.7. The van der Waals surface area contributed by atoms with E-state index in [2.05, 4.69) is 15.3 Å². The minimum absolute atomic E-state index is 0.0302. The molecule has 0 aliphatic rings. The molecular formula is C19H15ClFN3OS. The van der Waals surface area contributed by atoms with Gasteiger partial charge in [-0.05, 0) is 30.3 Å². The molecule has 2 aromatic carbocycles. The lowest BCUT2D eigenvalue weighted by Gasteiger charge is -2.10. The molecule has 7 heteroatoms. The lowest BCUT2D eigenvalue weighted by Crippen LogP contribution is -2.07. The molecule has 1 aromatic heterocycles. The van der Waals surface area contributed by atoms with Gasteiger partial charge in [0.25, 0.3) is 0 Å². The highest BCUT2D eigenvalue weighted by atomic mass is 35.5. The fourth-order valence-electron chi connectivity index (χ4n) is 2.23. The van der Waals surface area contributed by atoms with Crippen LogP contribution in [0.25, 0.3) is 0 Å². The van der Waals surface area contributed by atoms with E-state index in [1.165, 1.54) is 17.8 Å². The van der Waals surface area contributed by atoms with Crippen LogP contribution in [0.1, 0.15) is 15.9 Å². The Bertz CT molecular complexity index is 905. The number of hydrogen-bond donors (Lipinski definition) is 1. The second kappa shape index (κ2) is 8.78. The van der Waals surface area contributed by atoms with Crippen molar-refractivity contribution in [2.75, 3.05) is 11.1 Å². The molecule has 0 saturated carbocycles. The molecular weight excluding hydrogens is 373 g/mol. The molecule has 1 heterocycles. The number of thioether (sulfide) groups is 1. The zero-order valence-electron chi connectivity index (χ0n) is 13.7. The molecule has 3 rings (SSSR count). The average molecular weight is 388 g/mol. The number of Topliss-reactive ketones (excluding diaryl/α,β-unsaturated/α-hetero) is 1. The number of rotatable bonds is 7. The van der Waals surface area contributed by atoms with E-state index < -0.39 is 0 Å². The molecule has 4 nitrogen and oxygen atoms in total. The van der Waals surface area contributed by atoms with E-state index in [4.69, 9.17) is 11.6 Å². The molecule has 0 bridgehead atoms. The molecule has 3 aromatic rings. The summed E-state index contributed by atoms with van der Waals surface area (Å²) in [6, 6.07) is 13.3. The Morgan fingerprint density at radius 2 is 1.81 bits per heavy atom. The number of nitrogens with one attached hydrogen (secondary N) is 1. The minimum atomic E-state index is -0.281. The Morgan fingerprint density at radius 1 is 1.08 bits per heavy atom. The van der Waals surface area contributed by atoms with Crippen molar-refractivity contribution in [1.29, 1.82) is 0 Å². The Morgan fingerprint density at radius 3 is 2.58 bits per heavy atom. The first-order chi connectivity index (χ1) is 12.6. The quantitative estimate of drug-likeness (QED) is 0.463. The zero-order chi connectivity index (χ0) is 18.4. The summed E-state index contributed by atoms with van der Waals surface area (Å²) in [6.45, 7) is 0.282. The van der Waals surface area contributed by atoms with E-state index in [-0.39, 0.29) is 23.9 Å². The number of aromatic nitrogens is 2. The SMILES string of the molecule is O=C(CSc1nccnc1NCc1ccccc1F)c1ccc(Cl)cc1. The maximum absolute atomic E-state index is 13.7. The fourth-order valence-corrected chi connectivity index (χ4v) is 3.18. The first-order valence-electron chi connectivity index (χ1n) is 7.83. The van der Waals surface area contributed by atoms with Crippen molar-refractivity contribution in [3.63, 3.8) is 0 Å². The molecule has 132 valence electrons. The van der Waals surface area contributed by atoms with Crippen LogP contribution in [0.15, 0.2) is 66.0 Å². The number of nitrogens with zero attached hydrogens (tertiary/aromatic N) is 2. The third-order valence-corrected chi connectivity index (χ3v) is 4.81. The van der Waals surface area contributed by atoms with Gasteiger partial charge in [0.2, 0.25) is 0 Å². The molecule has 0 spiro atoms. The third kappa shape index (κ3) is 4.80. The van der Waals surface area contributed by atoms with Crippen LogP contribution >= 0.6 is 23.4 Å². The number of benzene rings is 2. The molecule has 0 unspecified atom stereocenters. The van der Waals surface area contributed by atoms with Crippen LogP contribution in [-0.4, -0.2) is 21.5 Å². The Kier molecular flexibility index (Phi) is 6.20. The number of carbonyl (C=O) groups excluding carboxylic acids is 1. The topological polar surface area (TPSA) is 54.9 Å². The maximum Gasteiger partial charge on any atom is 0.173 e. The van der Waals surface area contributed by atoms with Crippen molar-refractivity contribution in [1.82, 2.24) is 9.97 Å². The largest absolute Gasteiger partial charge is 0.364 e. The van der Waals surface area contributed by atoms with Gasteiger partial charge in [-0.2, -0.15) is 0 Å². The summed E-state index contributed by atoms with van der Waals surface area (Å²) in [4.78, 5) is 20.8. The first kappa shape index (κ1) is 18.4. The van der Waals surface area contributed by atoms with Gasteiger partial charge in [-0.1, -0.05) is 41.6 Å². The number of carbonyl (C=O) groups is 1. The van der Waals surface area contributed by atoms with Crippen molar-refractivity contribution < 1.29 is 9.18 Å². The van der Waals surface area contributed by atoms with Gasteiger partial charge in [0.15, 0.2) is 11.6 Å². The van der Waals surface area contributed by atoms with Gasteiger partial charge in [-0.15, -0.1) is 0 Å². The van der Waals surface area contributed by atoms with Crippen LogP contribution in [0.2, 0.25) is 5.02 Å². The lowest BCUT2D eigenvalue weighted by molar-refractivity contribution is 0.102. The second-order valence-corrected chi connectivity index (χ2v) is 6.77. The predicted molar refractivity (Wildman–Crippen MR) is 102 cm³/mol.